The van der Waals surface area contributed by atoms with Crippen LogP contribution in [0, 0.1) is 0 Å². The Bertz CT molecular complexity index is 730. The van der Waals surface area contributed by atoms with Crippen LogP contribution < -0.4 is 5.32 Å². The van der Waals surface area contributed by atoms with E-state index in [2.05, 4.69) is 11.4 Å². The van der Waals surface area contributed by atoms with Gasteiger partial charge in [-0.25, -0.2) is 4.79 Å². The maximum Gasteiger partial charge on any atom is 0.335 e. The third-order valence-electron chi connectivity index (χ3n) is 4.36. The molecule has 2 N–H and O–H groups in total. The minimum atomic E-state index is -0.928. The predicted molar refractivity (Wildman–Crippen MR) is 94.0 cm³/mol. The van der Waals surface area contributed by atoms with Crippen LogP contribution in [-0.2, 0) is 6.54 Å². The van der Waals surface area contributed by atoms with Crippen molar-refractivity contribution < 1.29 is 14.3 Å². The Morgan fingerprint density at radius 3 is 2.92 bits per heavy atom. The fourth-order valence-corrected chi connectivity index (χ4v) is 3.03. The monoisotopic (exact) mass is 325 g/mol. The van der Waals surface area contributed by atoms with Gasteiger partial charge >= 0.3 is 5.97 Å². The lowest BCUT2D eigenvalue weighted by molar-refractivity contribution is 0.0697. The second-order valence-corrected chi connectivity index (χ2v) is 6.19. The number of carboxylic acid groups (broad SMARTS) is 1. The SMILES string of the molecule is O=C(O)c1cccc(-c2ccc(CNCCC3=CCCCC3)o2)c1. The summed E-state index contributed by atoms with van der Waals surface area (Å²) in [5.41, 5.74) is 2.62. The van der Waals surface area contributed by atoms with Crippen LogP contribution in [0.15, 0.2) is 52.5 Å². The first-order chi connectivity index (χ1) is 11.7. The average Bonchev–Trinajstić information content (AvgIpc) is 3.09. The van der Waals surface area contributed by atoms with Gasteiger partial charge in [0.25, 0.3) is 0 Å². The molecule has 1 aliphatic rings. The summed E-state index contributed by atoms with van der Waals surface area (Å²) in [5.74, 6) is 0.635. The maximum atomic E-state index is 11.0. The molecule has 0 radical (unpaired) electrons. The van der Waals surface area contributed by atoms with E-state index in [0.717, 1.165) is 24.3 Å². The number of carbonyl (C=O) groups is 1. The third-order valence-corrected chi connectivity index (χ3v) is 4.36. The lowest BCUT2D eigenvalue weighted by atomic mass is 9.97. The van der Waals surface area contributed by atoms with Crippen molar-refractivity contribution in [3.8, 4) is 11.3 Å². The zero-order valence-corrected chi connectivity index (χ0v) is 13.8. The quantitative estimate of drug-likeness (QED) is 0.576. The van der Waals surface area contributed by atoms with Gasteiger partial charge in [0, 0.05) is 5.56 Å². The number of aromatic carboxylic acids is 1. The molecule has 4 heteroatoms. The molecule has 0 saturated heterocycles. The number of benzene rings is 1. The van der Waals surface area contributed by atoms with Gasteiger partial charge in [0.05, 0.1) is 12.1 Å². The molecule has 3 rings (SSSR count). The number of rotatable bonds is 7. The van der Waals surface area contributed by atoms with E-state index in [0.29, 0.717) is 12.3 Å². The molecule has 1 aromatic heterocycles. The standard InChI is InChI=1S/C20H23NO3/c22-20(23)17-8-4-7-16(13-17)19-10-9-18(24-19)14-21-12-11-15-5-2-1-3-6-15/h4-5,7-10,13,21H,1-3,6,11-12,14H2,(H,22,23). The molecule has 0 amide bonds. The van der Waals surface area contributed by atoms with Crippen LogP contribution in [0.2, 0.25) is 0 Å². The Balaban J connectivity index is 1.53. The number of hydrogen-bond acceptors (Lipinski definition) is 3. The largest absolute Gasteiger partial charge is 0.478 e. The van der Waals surface area contributed by atoms with Crippen molar-refractivity contribution >= 4 is 5.97 Å². The molecule has 0 saturated carbocycles. The number of carboxylic acids is 1. The van der Waals surface area contributed by atoms with E-state index < -0.39 is 5.97 Å². The van der Waals surface area contributed by atoms with E-state index >= 15 is 0 Å². The summed E-state index contributed by atoms with van der Waals surface area (Å²) in [7, 11) is 0. The van der Waals surface area contributed by atoms with E-state index in [1.54, 1.807) is 23.8 Å². The van der Waals surface area contributed by atoms with E-state index in [9.17, 15) is 4.79 Å². The number of furan rings is 1. The van der Waals surface area contributed by atoms with E-state index in [1.807, 2.05) is 18.2 Å². The first-order valence-corrected chi connectivity index (χ1v) is 8.53. The minimum Gasteiger partial charge on any atom is -0.478 e. The molecular weight excluding hydrogens is 302 g/mol. The predicted octanol–water partition coefficient (Wildman–Crippen LogP) is 4.62. The van der Waals surface area contributed by atoms with Crippen molar-refractivity contribution in [3.05, 3.63) is 59.4 Å². The summed E-state index contributed by atoms with van der Waals surface area (Å²) in [6.45, 7) is 1.64. The van der Waals surface area contributed by atoms with Crippen molar-refractivity contribution in [2.75, 3.05) is 6.54 Å². The summed E-state index contributed by atoms with van der Waals surface area (Å²) in [5, 5.41) is 12.5. The first-order valence-electron chi connectivity index (χ1n) is 8.53. The fraction of sp³-hybridized carbons (Fsp3) is 0.350. The van der Waals surface area contributed by atoms with Gasteiger partial charge < -0.3 is 14.8 Å². The van der Waals surface area contributed by atoms with Crippen LogP contribution in [0.5, 0.6) is 0 Å². The first kappa shape index (κ1) is 16.5. The summed E-state index contributed by atoms with van der Waals surface area (Å²) in [6, 6.07) is 10.6. The number of nitrogens with one attached hydrogen (secondary N) is 1. The topological polar surface area (TPSA) is 62.5 Å². The normalized spacial score (nSPS) is 14.4. The highest BCUT2D eigenvalue weighted by Crippen LogP contribution is 2.23. The molecule has 0 atom stereocenters. The van der Waals surface area contributed by atoms with Gasteiger partial charge in [0.1, 0.15) is 11.5 Å². The van der Waals surface area contributed by atoms with E-state index in [1.165, 1.54) is 25.7 Å². The minimum absolute atomic E-state index is 0.268. The second-order valence-electron chi connectivity index (χ2n) is 6.19. The molecule has 4 nitrogen and oxygen atoms in total. The van der Waals surface area contributed by atoms with Crippen LogP contribution in [0.25, 0.3) is 11.3 Å². The molecular formula is C20H23NO3. The van der Waals surface area contributed by atoms with Crippen molar-refractivity contribution in [1.82, 2.24) is 5.32 Å². The van der Waals surface area contributed by atoms with Gasteiger partial charge in [-0.15, -0.1) is 0 Å². The van der Waals surface area contributed by atoms with E-state index in [-0.39, 0.29) is 5.56 Å². The van der Waals surface area contributed by atoms with Crippen molar-refractivity contribution in [2.45, 2.75) is 38.6 Å². The molecule has 0 unspecified atom stereocenters. The number of allylic oxidation sites excluding steroid dienone is 1. The Hall–Kier alpha value is -2.33. The molecule has 24 heavy (non-hydrogen) atoms. The van der Waals surface area contributed by atoms with Gasteiger partial charge in [-0.2, -0.15) is 0 Å². The number of hydrogen-bond donors (Lipinski definition) is 2. The van der Waals surface area contributed by atoms with Gasteiger partial charge in [-0.3, -0.25) is 0 Å². The zero-order chi connectivity index (χ0) is 16.8. The van der Waals surface area contributed by atoms with Gasteiger partial charge in [-0.05, 0) is 62.9 Å². The molecule has 0 aliphatic heterocycles. The average molecular weight is 325 g/mol. The fourth-order valence-electron chi connectivity index (χ4n) is 3.03. The molecule has 2 aromatic rings. The highest BCUT2D eigenvalue weighted by atomic mass is 16.4. The van der Waals surface area contributed by atoms with Crippen LogP contribution in [-0.4, -0.2) is 17.6 Å². The van der Waals surface area contributed by atoms with Crippen LogP contribution >= 0.6 is 0 Å². The molecule has 0 bridgehead atoms. The van der Waals surface area contributed by atoms with Crippen LogP contribution in [0.1, 0.15) is 48.2 Å². The Morgan fingerprint density at radius 2 is 2.12 bits per heavy atom. The van der Waals surface area contributed by atoms with Crippen molar-refractivity contribution in [3.63, 3.8) is 0 Å². The molecule has 126 valence electrons. The smallest absolute Gasteiger partial charge is 0.335 e. The Kier molecular flexibility index (Phi) is 5.49. The Labute approximate surface area is 142 Å². The van der Waals surface area contributed by atoms with E-state index in [4.69, 9.17) is 9.52 Å². The highest BCUT2D eigenvalue weighted by Gasteiger charge is 2.09. The summed E-state index contributed by atoms with van der Waals surface area (Å²) < 4.78 is 5.83. The van der Waals surface area contributed by atoms with Crippen molar-refractivity contribution in [1.29, 1.82) is 0 Å². The summed E-state index contributed by atoms with van der Waals surface area (Å²) in [6.07, 6.45) is 8.61. The highest BCUT2D eigenvalue weighted by molar-refractivity contribution is 5.89. The molecule has 1 aromatic carbocycles. The molecule has 0 fully saturated rings. The molecule has 1 aliphatic carbocycles. The lowest BCUT2D eigenvalue weighted by Gasteiger charge is -2.12. The lowest BCUT2D eigenvalue weighted by Crippen LogP contribution is -2.15. The molecule has 0 spiro atoms. The second kappa shape index (κ2) is 7.97. The van der Waals surface area contributed by atoms with Gasteiger partial charge in [0.15, 0.2) is 0 Å². The van der Waals surface area contributed by atoms with Crippen LogP contribution in [0.4, 0.5) is 0 Å². The summed E-state index contributed by atoms with van der Waals surface area (Å²) in [4.78, 5) is 11.0. The third kappa shape index (κ3) is 4.36. The Morgan fingerprint density at radius 1 is 1.21 bits per heavy atom. The van der Waals surface area contributed by atoms with Crippen molar-refractivity contribution in [2.24, 2.45) is 0 Å². The van der Waals surface area contributed by atoms with Gasteiger partial charge in [-0.1, -0.05) is 23.8 Å². The van der Waals surface area contributed by atoms with Gasteiger partial charge in [0.2, 0.25) is 0 Å². The maximum absolute atomic E-state index is 11.0. The van der Waals surface area contributed by atoms with Crippen LogP contribution in [0.3, 0.4) is 0 Å². The zero-order valence-electron chi connectivity index (χ0n) is 13.8. The molecule has 1 heterocycles. The summed E-state index contributed by atoms with van der Waals surface area (Å²) >= 11 is 0.